The zero-order valence-electron chi connectivity index (χ0n) is 17.5. The first-order valence-electron chi connectivity index (χ1n) is 9.72. The van der Waals surface area contributed by atoms with Gasteiger partial charge in [-0.2, -0.15) is 11.8 Å². The number of aliphatic hydroxyl groups is 1. The van der Waals surface area contributed by atoms with Crippen molar-refractivity contribution in [1.82, 2.24) is 16.0 Å². The van der Waals surface area contributed by atoms with Crippen molar-refractivity contribution >= 4 is 35.5 Å². The minimum absolute atomic E-state index is 0.177. The maximum absolute atomic E-state index is 12.8. The molecule has 0 fully saturated rings. The highest BCUT2D eigenvalue weighted by atomic mass is 32.2. The summed E-state index contributed by atoms with van der Waals surface area (Å²) in [6, 6.07) is 4.67. The predicted molar refractivity (Wildman–Crippen MR) is 117 cm³/mol. The second-order valence-electron chi connectivity index (χ2n) is 6.95. The number of rotatable bonds is 13. The molecule has 1 aromatic rings. The van der Waals surface area contributed by atoms with Crippen molar-refractivity contribution in [3.05, 3.63) is 35.9 Å². The summed E-state index contributed by atoms with van der Waals surface area (Å²) in [6.07, 6.45) is 2.52. The maximum Gasteiger partial charge on any atom is 0.328 e. The molecular weight excluding hydrogens is 424 g/mol. The molecule has 0 saturated carbocycles. The lowest BCUT2D eigenvalue weighted by Crippen LogP contribution is -2.57. The third-order valence-corrected chi connectivity index (χ3v) is 5.08. The highest BCUT2D eigenvalue weighted by molar-refractivity contribution is 7.98. The number of nitrogens with one attached hydrogen (secondary N) is 3. The Morgan fingerprint density at radius 2 is 1.61 bits per heavy atom. The van der Waals surface area contributed by atoms with Crippen molar-refractivity contribution in [2.45, 2.75) is 43.9 Å². The van der Waals surface area contributed by atoms with Gasteiger partial charge in [0.15, 0.2) is 0 Å². The van der Waals surface area contributed by atoms with Crippen LogP contribution in [0.15, 0.2) is 30.3 Å². The van der Waals surface area contributed by atoms with Crippen LogP contribution in [0.3, 0.4) is 0 Å². The van der Waals surface area contributed by atoms with Gasteiger partial charge < -0.3 is 31.9 Å². The van der Waals surface area contributed by atoms with E-state index in [4.69, 9.17) is 15.9 Å². The van der Waals surface area contributed by atoms with Gasteiger partial charge in [-0.05, 0) is 30.9 Å². The lowest BCUT2D eigenvalue weighted by atomic mass is 10.0. The number of nitrogens with two attached hydrogens (primary N) is 1. The van der Waals surface area contributed by atoms with E-state index in [0.717, 1.165) is 5.56 Å². The molecule has 31 heavy (non-hydrogen) atoms. The van der Waals surface area contributed by atoms with Crippen molar-refractivity contribution < 1.29 is 29.4 Å². The fourth-order valence-corrected chi connectivity index (χ4v) is 3.07. The highest BCUT2D eigenvalue weighted by Gasteiger charge is 2.28. The quantitative estimate of drug-likeness (QED) is 0.217. The van der Waals surface area contributed by atoms with Crippen LogP contribution in [0.5, 0.6) is 0 Å². The molecule has 4 atom stereocenters. The van der Waals surface area contributed by atoms with Crippen LogP contribution in [0.1, 0.15) is 18.9 Å². The first-order chi connectivity index (χ1) is 14.7. The Morgan fingerprint density at radius 1 is 1.00 bits per heavy atom. The third kappa shape index (κ3) is 9.37. The van der Waals surface area contributed by atoms with Gasteiger partial charge in [-0.25, -0.2) is 4.79 Å². The Kier molecular flexibility index (Phi) is 11.6. The van der Waals surface area contributed by atoms with Gasteiger partial charge in [0.2, 0.25) is 17.7 Å². The van der Waals surface area contributed by atoms with Crippen LogP contribution in [-0.2, 0) is 25.6 Å². The van der Waals surface area contributed by atoms with E-state index in [2.05, 4.69) is 16.0 Å². The normalized spacial score (nSPS) is 14.6. The van der Waals surface area contributed by atoms with Gasteiger partial charge in [0.1, 0.15) is 18.1 Å². The summed E-state index contributed by atoms with van der Waals surface area (Å²) in [4.78, 5) is 48.4. The molecule has 0 heterocycles. The van der Waals surface area contributed by atoms with Gasteiger partial charge in [-0.1, -0.05) is 30.3 Å². The average Bonchev–Trinajstić information content (AvgIpc) is 2.75. The van der Waals surface area contributed by atoms with Crippen LogP contribution in [0.4, 0.5) is 0 Å². The van der Waals surface area contributed by atoms with Crippen LogP contribution >= 0.6 is 11.8 Å². The van der Waals surface area contributed by atoms with Gasteiger partial charge in [0.25, 0.3) is 0 Å². The van der Waals surface area contributed by atoms with Crippen LogP contribution in [0.2, 0.25) is 0 Å². The highest BCUT2D eigenvalue weighted by Crippen LogP contribution is 2.06. The number of benzene rings is 1. The number of aliphatic hydroxyl groups excluding tert-OH is 1. The number of hydrogen-bond acceptors (Lipinski definition) is 7. The van der Waals surface area contributed by atoms with Crippen molar-refractivity contribution in [2.75, 3.05) is 18.6 Å². The summed E-state index contributed by atoms with van der Waals surface area (Å²) >= 11 is 1.55. The fourth-order valence-electron chi connectivity index (χ4n) is 2.58. The average molecular weight is 455 g/mol. The lowest BCUT2D eigenvalue weighted by molar-refractivity contribution is -0.143. The molecule has 4 unspecified atom stereocenters. The zero-order valence-corrected chi connectivity index (χ0v) is 18.4. The summed E-state index contributed by atoms with van der Waals surface area (Å²) in [5, 5.41) is 25.2. The Bertz CT molecular complexity index is 748. The molecule has 0 radical (unpaired) electrons. The monoisotopic (exact) mass is 454 g/mol. The van der Waals surface area contributed by atoms with Crippen LogP contribution in [0.25, 0.3) is 0 Å². The number of thioether (sulfide) groups is 1. The van der Waals surface area contributed by atoms with E-state index < -0.39 is 54.5 Å². The van der Waals surface area contributed by atoms with Crippen molar-refractivity contribution in [1.29, 1.82) is 0 Å². The number of carboxylic acid groups (broad SMARTS) is 1. The summed E-state index contributed by atoms with van der Waals surface area (Å²) in [5.41, 5.74) is 6.69. The van der Waals surface area contributed by atoms with E-state index in [1.54, 1.807) is 36.0 Å². The summed E-state index contributed by atoms with van der Waals surface area (Å²) < 4.78 is 0. The van der Waals surface area contributed by atoms with Gasteiger partial charge in [-0.3, -0.25) is 14.4 Å². The van der Waals surface area contributed by atoms with Gasteiger partial charge in [0, 0.05) is 6.42 Å². The molecule has 11 heteroatoms. The van der Waals surface area contributed by atoms with Gasteiger partial charge in [0.05, 0.1) is 12.6 Å². The summed E-state index contributed by atoms with van der Waals surface area (Å²) in [7, 11) is 0. The molecule has 0 aliphatic heterocycles. The maximum atomic E-state index is 12.8. The molecular formula is C20H30N4O6S. The smallest absolute Gasteiger partial charge is 0.328 e. The van der Waals surface area contributed by atoms with Crippen molar-refractivity contribution in [3.63, 3.8) is 0 Å². The number of aliphatic carboxylic acids is 1. The van der Waals surface area contributed by atoms with Crippen LogP contribution in [0, 0.1) is 0 Å². The molecule has 0 aromatic heterocycles. The van der Waals surface area contributed by atoms with Crippen LogP contribution < -0.4 is 21.7 Å². The lowest BCUT2D eigenvalue weighted by Gasteiger charge is -2.23. The topological polar surface area (TPSA) is 171 Å². The molecule has 172 valence electrons. The number of carboxylic acids is 1. The molecule has 0 bridgehead atoms. The number of hydrogen-bond donors (Lipinski definition) is 6. The third-order valence-electron chi connectivity index (χ3n) is 4.43. The first kappa shape index (κ1) is 26.4. The molecule has 3 amide bonds. The molecule has 0 spiro atoms. The van der Waals surface area contributed by atoms with E-state index >= 15 is 0 Å². The Labute approximate surface area is 185 Å². The predicted octanol–water partition coefficient (Wildman–Crippen LogP) is -1.14. The van der Waals surface area contributed by atoms with E-state index in [9.17, 15) is 19.2 Å². The number of carbonyl (C=O) groups excluding carboxylic acids is 3. The molecule has 0 aliphatic carbocycles. The van der Waals surface area contributed by atoms with Gasteiger partial charge >= 0.3 is 5.97 Å². The number of amides is 3. The SMILES string of the molecule is CSCCC(N)C(=O)NC(Cc1ccccc1)C(=O)NC(C)C(=O)NC(CO)C(=O)O. The van der Waals surface area contributed by atoms with Crippen molar-refractivity contribution in [2.24, 2.45) is 5.73 Å². The summed E-state index contributed by atoms with van der Waals surface area (Å²) in [6.45, 7) is 0.581. The zero-order chi connectivity index (χ0) is 23.4. The van der Waals surface area contributed by atoms with Gasteiger partial charge in [-0.15, -0.1) is 0 Å². The van der Waals surface area contributed by atoms with E-state index in [1.807, 2.05) is 12.3 Å². The van der Waals surface area contributed by atoms with E-state index in [1.165, 1.54) is 6.92 Å². The van der Waals surface area contributed by atoms with Crippen molar-refractivity contribution in [3.8, 4) is 0 Å². The number of carbonyl (C=O) groups is 4. The largest absolute Gasteiger partial charge is 0.480 e. The molecule has 0 aliphatic rings. The first-order valence-corrected chi connectivity index (χ1v) is 11.1. The molecule has 7 N–H and O–H groups in total. The Morgan fingerprint density at radius 3 is 2.16 bits per heavy atom. The van der Waals surface area contributed by atoms with Crippen LogP contribution in [-0.4, -0.2) is 76.7 Å². The van der Waals surface area contributed by atoms with E-state index in [0.29, 0.717) is 12.2 Å². The standard InChI is InChI=1S/C20H30N4O6S/c1-12(17(26)24-16(11-25)20(29)30)22-19(28)15(10-13-6-4-3-5-7-13)23-18(27)14(21)8-9-31-2/h3-7,12,14-16,25H,8-11,21H2,1-2H3,(H,22,28)(H,23,27)(H,24,26)(H,29,30). The summed E-state index contributed by atoms with van der Waals surface area (Å²) in [5.74, 6) is -2.59. The Hall–Kier alpha value is -2.63. The Balaban J connectivity index is 2.85. The molecule has 10 nitrogen and oxygen atoms in total. The molecule has 1 rings (SSSR count). The second-order valence-corrected chi connectivity index (χ2v) is 7.94. The minimum atomic E-state index is -1.49. The molecule has 0 saturated heterocycles. The molecule has 1 aromatic carbocycles. The fraction of sp³-hybridized carbons (Fsp3) is 0.500. The van der Waals surface area contributed by atoms with E-state index in [-0.39, 0.29) is 6.42 Å². The minimum Gasteiger partial charge on any atom is -0.480 e. The second kappa shape index (κ2) is 13.6.